The van der Waals surface area contributed by atoms with Crippen molar-refractivity contribution in [3.8, 4) is 0 Å². The largest absolute Gasteiger partial charge is 0.368 e. The summed E-state index contributed by atoms with van der Waals surface area (Å²) >= 11 is 0. The second-order valence-corrected chi connectivity index (χ2v) is 3.92. The van der Waals surface area contributed by atoms with E-state index in [4.69, 9.17) is 0 Å². The summed E-state index contributed by atoms with van der Waals surface area (Å²) in [6, 6.07) is 3.76. The van der Waals surface area contributed by atoms with Gasteiger partial charge in [-0.25, -0.2) is 0 Å². The molecule has 78 valence electrons. The molecule has 0 bridgehead atoms. The van der Waals surface area contributed by atoms with Gasteiger partial charge in [0.25, 0.3) is 0 Å². The zero-order valence-electron chi connectivity index (χ0n) is 8.30. The minimum absolute atomic E-state index is 0.671. The first-order chi connectivity index (χ1) is 7.42. The van der Waals surface area contributed by atoms with Crippen molar-refractivity contribution in [2.24, 2.45) is 5.92 Å². The van der Waals surface area contributed by atoms with Crippen molar-refractivity contribution >= 4 is 11.5 Å². The molecule has 6 nitrogen and oxygen atoms in total. The Balaban J connectivity index is 1.72. The van der Waals surface area contributed by atoms with Crippen molar-refractivity contribution in [2.75, 3.05) is 11.9 Å². The Morgan fingerprint density at radius 3 is 3.13 bits per heavy atom. The fraction of sp³-hybridized carbons (Fsp3) is 0.556. The Morgan fingerprint density at radius 1 is 1.40 bits per heavy atom. The zero-order chi connectivity index (χ0) is 10.1. The predicted octanol–water partition coefficient (Wildman–Crippen LogP) is 0.731. The Hall–Kier alpha value is -1.72. The molecule has 0 atom stereocenters. The van der Waals surface area contributed by atoms with Gasteiger partial charge in [-0.05, 0) is 41.3 Å². The van der Waals surface area contributed by atoms with E-state index in [1.54, 1.807) is 0 Å². The molecule has 0 unspecified atom stereocenters. The minimum atomic E-state index is 0.671. The summed E-state index contributed by atoms with van der Waals surface area (Å²) in [6.07, 6.45) is 4.03. The molecular formula is C9H12N6. The maximum absolute atomic E-state index is 4.24. The van der Waals surface area contributed by atoms with Crippen LogP contribution in [0.1, 0.15) is 19.3 Å². The number of hydrogen-bond acceptors (Lipinski definition) is 5. The van der Waals surface area contributed by atoms with E-state index in [2.05, 4.69) is 25.9 Å². The van der Waals surface area contributed by atoms with Crippen LogP contribution in [0.4, 0.5) is 5.82 Å². The highest BCUT2D eigenvalue weighted by molar-refractivity contribution is 5.42. The molecule has 15 heavy (non-hydrogen) atoms. The van der Waals surface area contributed by atoms with Gasteiger partial charge in [0.1, 0.15) is 5.82 Å². The van der Waals surface area contributed by atoms with Crippen molar-refractivity contribution in [3.63, 3.8) is 0 Å². The van der Waals surface area contributed by atoms with Crippen molar-refractivity contribution in [2.45, 2.75) is 19.3 Å². The fourth-order valence-corrected chi connectivity index (χ4v) is 1.69. The van der Waals surface area contributed by atoms with Crippen LogP contribution in [0.25, 0.3) is 5.65 Å². The SMILES string of the molecule is c1cc2nnnn2nc1NCC1CCC1. The van der Waals surface area contributed by atoms with Gasteiger partial charge < -0.3 is 5.32 Å². The highest BCUT2D eigenvalue weighted by atomic mass is 15.6. The number of anilines is 1. The maximum atomic E-state index is 4.24. The van der Waals surface area contributed by atoms with Gasteiger partial charge in [0, 0.05) is 6.54 Å². The van der Waals surface area contributed by atoms with Crippen molar-refractivity contribution in [1.82, 2.24) is 25.3 Å². The van der Waals surface area contributed by atoms with Crippen LogP contribution in [0.15, 0.2) is 12.1 Å². The lowest BCUT2D eigenvalue weighted by molar-refractivity contribution is 0.333. The van der Waals surface area contributed by atoms with E-state index in [1.165, 1.54) is 23.9 Å². The van der Waals surface area contributed by atoms with Crippen LogP contribution in [-0.4, -0.2) is 31.8 Å². The zero-order valence-corrected chi connectivity index (χ0v) is 8.30. The van der Waals surface area contributed by atoms with Crippen LogP contribution >= 0.6 is 0 Å². The van der Waals surface area contributed by atoms with E-state index in [0.717, 1.165) is 18.3 Å². The van der Waals surface area contributed by atoms with Crippen LogP contribution in [0.2, 0.25) is 0 Å². The molecule has 1 N–H and O–H groups in total. The minimum Gasteiger partial charge on any atom is -0.368 e. The molecule has 2 aromatic rings. The van der Waals surface area contributed by atoms with Crippen LogP contribution in [0, 0.1) is 5.92 Å². The molecule has 1 aliphatic carbocycles. The molecule has 0 aromatic carbocycles. The molecule has 1 fully saturated rings. The first kappa shape index (κ1) is 8.58. The third-order valence-corrected chi connectivity index (χ3v) is 2.87. The van der Waals surface area contributed by atoms with Gasteiger partial charge in [-0.3, -0.25) is 0 Å². The first-order valence-electron chi connectivity index (χ1n) is 5.21. The van der Waals surface area contributed by atoms with Crippen LogP contribution in [0.5, 0.6) is 0 Å². The number of hydrogen-bond donors (Lipinski definition) is 1. The molecule has 0 spiro atoms. The molecule has 2 aromatic heterocycles. The topological polar surface area (TPSA) is 68.0 Å². The second-order valence-electron chi connectivity index (χ2n) is 3.92. The summed E-state index contributed by atoms with van der Waals surface area (Å²) in [5, 5.41) is 18.6. The Bertz CT molecular complexity index is 460. The number of fused-ring (bicyclic) bond motifs is 1. The highest BCUT2D eigenvalue weighted by Crippen LogP contribution is 2.26. The maximum Gasteiger partial charge on any atom is 0.200 e. The summed E-state index contributed by atoms with van der Waals surface area (Å²) in [7, 11) is 0. The number of tetrazole rings is 1. The van der Waals surface area contributed by atoms with Gasteiger partial charge in [-0.15, -0.1) is 14.8 Å². The van der Waals surface area contributed by atoms with Gasteiger partial charge in [-0.1, -0.05) is 6.42 Å². The average Bonchev–Trinajstić information content (AvgIpc) is 2.62. The number of rotatable bonds is 3. The molecule has 0 aliphatic heterocycles. The number of nitrogens with one attached hydrogen (secondary N) is 1. The van der Waals surface area contributed by atoms with Gasteiger partial charge in [-0.2, -0.15) is 0 Å². The molecule has 1 aliphatic rings. The van der Waals surface area contributed by atoms with Gasteiger partial charge in [0.05, 0.1) is 0 Å². The lowest BCUT2D eigenvalue weighted by atomic mass is 9.85. The molecule has 2 heterocycles. The molecular weight excluding hydrogens is 192 g/mol. The van der Waals surface area contributed by atoms with Crippen molar-refractivity contribution in [1.29, 1.82) is 0 Å². The van der Waals surface area contributed by atoms with E-state index < -0.39 is 0 Å². The Labute approximate surface area is 86.7 Å². The lowest BCUT2D eigenvalue weighted by Crippen LogP contribution is -2.21. The van der Waals surface area contributed by atoms with E-state index in [1.807, 2.05) is 12.1 Å². The summed E-state index contributed by atoms with van der Waals surface area (Å²) in [6.45, 7) is 1.00. The summed E-state index contributed by atoms with van der Waals surface area (Å²) in [4.78, 5) is 0. The molecule has 0 amide bonds. The smallest absolute Gasteiger partial charge is 0.200 e. The van der Waals surface area contributed by atoms with Crippen LogP contribution in [0.3, 0.4) is 0 Å². The van der Waals surface area contributed by atoms with E-state index in [-0.39, 0.29) is 0 Å². The molecule has 0 saturated heterocycles. The lowest BCUT2D eigenvalue weighted by Gasteiger charge is -2.25. The third kappa shape index (κ3) is 1.62. The normalized spacial score (nSPS) is 16.5. The summed E-state index contributed by atoms with van der Waals surface area (Å²) in [5.74, 6) is 1.65. The average molecular weight is 204 g/mol. The standard InChI is InChI=1S/C9H12N6/c1-2-7(3-1)6-10-8-4-5-9-11-13-14-15(9)12-8/h4-5,7H,1-3,6H2,(H,10,12). The Morgan fingerprint density at radius 2 is 2.33 bits per heavy atom. The molecule has 6 heteroatoms. The highest BCUT2D eigenvalue weighted by Gasteiger charge is 2.16. The van der Waals surface area contributed by atoms with E-state index in [0.29, 0.717) is 5.65 Å². The quantitative estimate of drug-likeness (QED) is 0.798. The Kier molecular flexibility index (Phi) is 1.97. The van der Waals surface area contributed by atoms with Crippen LogP contribution in [-0.2, 0) is 0 Å². The van der Waals surface area contributed by atoms with Gasteiger partial charge in [0.15, 0.2) is 5.65 Å². The van der Waals surface area contributed by atoms with E-state index in [9.17, 15) is 0 Å². The van der Waals surface area contributed by atoms with Gasteiger partial charge in [0.2, 0.25) is 0 Å². The summed E-state index contributed by atoms with van der Waals surface area (Å²) in [5.41, 5.74) is 0.671. The number of nitrogens with zero attached hydrogens (tertiary/aromatic N) is 5. The second kappa shape index (κ2) is 3.45. The number of aromatic nitrogens is 5. The molecule has 3 rings (SSSR count). The fourth-order valence-electron chi connectivity index (χ4n) is 1.69. The molecule has 1 saturated carbocycles. The third-order valence-electron chi connectivity index (χ3n) is 2.87. The summed E-state index contributed by atoms with van der Waals surface area (Å²) < 4.78 is 1.43. The molecule has 0 radical (unpaired) electrons. The van der Waals surface area contributed by atoms with Gasteiger partial charge >= 0.3 is 0 Å². The first-order valence-corrected chi connectivity index (χ1v) is 5.21. The predicted molar refractivity (Wildman–Crippen MR) is 54.4 cm³/mol. The van der Waals surface area contributed by atoms with Crippen LogP contribution < -0.4 is 5.32 Å². The van der Waals surface area contributed by atoms with Crippen molar-refractivity contribution in [3.05, 3.63) is 12.1 Å². The monoisotopic (exact) mass is 204 g/mol. The van der Waals surface area contributed by atoms with E-state index >= 15 is 0 Å². The van der Waals surface area contributed by atoms with Crippen molar-refractivity contribution < 1.29 is 0 Å².